The van der Waals surface area contributed by atoms with Crippen LogP contribution in [0.15, 0.2) is 24.5 Å². The lowest BCUT2D eigenvalue weighted by Gasteiger charge is -2.33. The van der Waals surface area contributed by atoms with Crippen LogP contribution in [0.2, 0.25) is 0 Å². The number of anilines is 1. The quantitative estimate of drug-likeness (QED) is 0.684. The molecule has 0 unspecified atom stereocenters. The maximum Gasteiger partial charge on any atom is 0.164 e. The zero-order valence-electron chi connectivity index (χ0n) is 16.9. The van der Waals surface area contributed by atoms with Gasteiger partial charge in [-0.15, -0.1) is 11.3 Å². The van der Waals surface area contributed by atoms with Gasteiger partial charge in [-0.25, -0.2) is 9.97 Å². The van der Waals surface area contributed by atoms with E-state index in [1.54, 1.807) is 6.20 Å². The van der Waals surface area contributed by atoms with E-state index in [4.69, 9.17) is 9.97 Å². The monoisotopic (exact) mass is 410 g/mol. The summed E-state index contributed by atoms with van der Waals surface area (Å²) in [5.74, 6) is 2.62. The van der Waals surface area contributed by atoms with Gasteiger partial charge in [-0.05, 0) is 42.9 Å². The highest BCUT2D eigenvalue weighted by Crippen LogP contribution is 2.41. The highest BCUT2D eigenvalue weighted by atomic mass is 32.1. The first-order chi connectivity index (χ1) is 14.2. The third-order valence-electron chi connectivity index (χ3n) is 6.29. The minimum Gasteiger partial charge on any atom is -0.391 e. The van der Waals surface area contributed by atoms with Gasteiger partial charge in [-0.3, -0.25) is 4.98 Å². The second-order valence-corrected chi connectivity index (χ2v) is 9.44. The molecule has 1 aliphatic carbocycles. The number of quaternary nitrogens is 1. The van der Waals surface area contributed by atoms with E-state index in [2.05, 4.69) is 16.8 Å². The fourth-order valence-electron chi connectivity index (χ4n) is 4.62. The average Bonchev–Trinajstić information content (AvgIpc) is 3.12. The molecular weight excluding hydrogens is 382 g/mol. The molecule has 1 atom stereocenters. The molecule has 0 saturated carbocycles. The zero-order valence-corrected chi connectivity index (χ0v) is 17.7. The highest BCUT2D eigenvalue weighted by Gasteiger charge is 2.28. The van der Waals surface area contributed by atoms with Crippen molar-refractivity contribution in [3.63, 3.8) is 0 Å². The van der Waals surface area contributed by atoms with Crippen LogP contribution in [0.3, 0.4) is 0 Å². The number of nitrogens with one attached hydrogen (secondary N) is 1. The Balaban J connectivity index is 1.60. The minimum absolute atomic E-state index is 0.258. The standard InChI is InChI=1S/C22H27N5OS/c1-15-4-5-17-18(13-15)29-22-19(17)21(27-9-7-26(8-10-27)11-12-28)24-20(25-22)16-3-2-6-23-14-16/h2-3,6,14-15,28H,4-5,7-13H2,1H3/p+1/t15-/m1/s1. The zero-order chi connectivity index (χ0) is 19.8. The number of rotatable bonds is 4. The maximum absolute atomic E-state index is 9.27. The molecule has 2 aliphatic rings. The molecule has 6 nitrogen and oxygen atoms in total. The van der Waals surface area contributed by atoms with Gasteiger partial charge >= 0.3 is 0 Å². The molecule has 152 valence electrons. The molecule has 0 spiro atoms. The van der Waals surface area contributed by atoms with Gasteiger partial charge in [-0.2, -0.15) is 0 Å². The molecule has 2 N–H and O–H groups in total. The number of aliphatic hydroxyl groups excluding tert-OH is 1. The highest BCUT2D eigenvalue weighted by molar-refractivity contribution is 7.19. The Labute approximate surface area is 175 Å². The van der Waals surface area contributed by atoms with E-state index in [1.165, 1.54) is 27.1 Å². The molecule has 3 aromatic rings. The smallest absolute Gasteiger partial charge is 0.164 e. The summed E-state index contributed by atoms with van der Waals surface area (Å²) >= 11 is 1.86. The predicted octanol–water partition coefficient (Wildman–Crippen LogP) is 1.58. The number of aliphatic hydroxyl groups is 1. The Morgan fingerprint density at radius 3 is 2.90 bits per heavy atom. The molecule has 0 aromatic carbocycles. The number of fused-ring (bicyclic) bond motifs is 3. The molecule has 7 heteroatoms. The van der Waals surface area contributed by atoms with Crippen LogP contribution in [0.4, 0.5) is 5.82 Å². The molecule has 5 rings (SSSR count). The van der Waals surface area contributed by atoms with Crippen molar-refractivity contribution in [2.75, 3.05) is 44.2 Å². The molecule has 3 aromatic heterocycles. The van der Waals surface area contributed by atoms with Crippen LogP contribution in [0, 0.1) is 5.92 Å². The summed E-state index contributed by atoms with van der Waals surface area (Å²) in [7, 11) is 0. The van der Waals surface area contributed by atoms with Crippen LogP contribution in [0.25, 0.3) is 21.6 Å². The van der Waals surface area contributed by atoms with Crippen LogP contribution in [-0.2, 0) is 12.8 Å². The number of aryl methyl sites for hydroxylation is 1. The van der Waals surface area contributed by atoms with Crippen molar-refractivity contribution in [2.24, 2.45) is 5.92 Å². The van der Waals surface area contributed by atoms with E-state index in [0.29, 0.717) is 0 Å². The van der Waals surface area contributed by atoms with Gasteiger partial charge in [-0.1, -0.05) is 6.92 Å². The summed E-state index contributed by atoms with van der Waals surface area (Å²) in [6.07, 6.45) is 7.18. The second kappa shape index (κ2) is 7.97. The van der Waals surface area contributed by atoms with Gasteiger partial charge in [0, 0.05) is 22.8 Å². The molecule has 0 radical (unpaired) electrons. The molecular formula is C22H28N5OS+. The number of hydrogen-bond donors (Lipinski definition) is 2. The van der Waals surface area contributed by atoms with Crippen LogP contribution in [-0.4, -0.2) is 59.4 Å². The molecule has 0 amide bonds. The Morgan fingerprint density at radius 1 is 1.28 bits per heavy atom. The first kappa shape index (κ1) is 18.9. The van der Waals surface area contributed by atoms with E-state index in [1.807, 2.05) is 29.7 Å². The fourth-order valence-corrected chi connectivity index (χ4v) is 6.00. The molecule has 1 saturated heterocycles. The van der Waals surface area contributed by atoms with Crippen molar-refractivity contribution in [3.8, 4) is 11.4 Å². The SMILES string of the molecule is C[C@@H]1CCc2c(sc3nc(-c4cccnc4)nc(N4CC[NH+](CCO)CC4)c23)C1. The number of nitrogens with zero attached hydrogens (tertiary/aromatic N) is 4. The molecule has 1 fully saturated rings. The van der Waals surface area contributed by atoms with Crippen LogP contribution >= 0.6 is 11.3 Å². The maximum atomic E-state index is 9.27. The third-order valence-corrected chi connectivity index (χ3v) is 7.44. The van der Waals surface area contributed by atoms with Gasteiger partial charge in [0.2, 0.25) is 0 Å². The van der Waals surface area contributed by atoms with Crippen molar-refractivity contribution in [3.05, 3.63) is 35.0 Å². The van der Waals surface area contributed by atoms with Crippen molar-refractivity contribution in [2.45, 2.75) is 26.2 Å². The lowest BCUT2D eigenvalue weighted by Crippen LogP contribution is -3.15. The van der Waals surface area contributed by atoms with Crippen LogP contribution < -0.4 is 9.80 Å². The van der Waals surface area contributed by atoms with E-state index < -0.39 is 0 Å². The summed E-state index contributed by atoms with van der Waals surface area (Å²) in [5, 5.41) is 10.6. The lowest BCUT2D eigenvalue weighted by atomic mass is 9.89. The van der Waals surface area contributed by atoms with E-state index in [0.717, 1.165) is 73.5 Å². The van der Waals surface area contributed by atoms with Gasteiger partial charge in [0.05, 0.1) is 38.2 Å². The van der Waals surface area contributed by atoms with Gasteiger partial charge in [0.1, 0.15) is 17.2 Å². The molecule has 1 aliphatic heterocycles. The largest absolute Gasteiger partial charge is 0.391 e. The van der Waals surface area contributed by atoms with Crippen molar-refractivity contribution >= 4 is 27.4 Å². The first-order valence-corrected chi connectivity index (χ1v) is 11.5. The number of pyridine rings is 1. The minimum atomic E-state index is 0.258. The van der Waals surface area contributed by atoms with Crippen molar-refractivity contribution < 1.29 is 10.0 Å². The number of thiophene rings is 1. The predicted molar refractivity (Wildman–Crippen MR) is 117 cm³/mol. The van der Waals surface area contributed by atoms with E-state index in [-0.39, 0.29) is 6.61 Å². The van der Waals surface area contributed by atoms with Crippen LogP contribution in [0.1, 0.15) is 23.8 Å². The Bertz CT molecular complexity index is 997. The summed E-state index contributed by atoms with van der Waals surface area (Å²) in [4.78, 5) is 20.9. The lowest BCUT2D eigenvalue weighted by molar-refractivity contribution is -0.900. The van der Waals surface area contributed by atoms with Crippen molar-refractivity contribution in [1.82, 2.24) is 15.0 Å². The first-order valence-electron chi connectivity index (χ1n) is 10.6. The summed E-state index contributed by atoms with van der Waals surface area (Å²) in [5.41, 5.74) is 2.46. The molecule has 0 bridgehead atoms. The van der Waals surface area contributed by atoms with E-state index in [9.17, 15) is 5.11 Å². The summed E-state index contributed by atoms with van der Waals surface area (Å²) < 4.78 is 0. The number of hydrogen-bond acceptors (Lipinski definition) is 6. The summed E-state index contributed by atoms with van der Waals surface area (Å²) in [6, 6.07) is 3.98. The van der Waals surface area contributed by atoms with E-state index >= 15 is 0 Å². The summed E-state index contributed by atoms with van der Waals surface area (Å²) in [6.45, 7) is 7.46. The second-order valence-electron chi connectivity index (χ2n) is 8.36. The fraction of sp³-hybridized carbons (Fsp3) is 0.500. The van der Waals surface area contributed by atoms with Crippen molar-refractivity contribution in [1.29, 1.82) is 0 Å². The van der Waals surface area contributed by atoms with Crippen LogP contribution in [0.5, 0.6) is 0 Å². The Kier molecular flexibility index (Phi) is 5.20. The topological polar surface area (TPSA) is 66.6 Å². The molecule has 4 heterocycles. The Morgan fingerprint density at radius 2 is 2.14 bits per heavy atom. The average molecular weight is 411 g/mol. The van der Waals surface area contributed by atoms with Gasteiger partial charge < -0.3 is 14.9 Å². The normalized spacial score (nSPS) is 20.2. The number of aromatic nitrogens is 3. The molecule has 29 heavy (non-hydrogen) atoms. The van der Waals surface area contributed by atoms with Gasteiger partial charge in [0.25, 0.3) is 0 Å². The Hall–Kier alpha value is -2.09. The number of piperazine rings is 1. The third kappa shape index (κ3) is 3.63. The van der Waals surface area contributed by atoms with Gasteiger partial charge in [0.15, 0.2) is 5.82 Å².